The van der Waals surface area contributed by atoms with Crippen LogP contribution in [0.25, 0.3) is 0 Å². The van der Waals surface area contributed by atoms with E-state index in [-0.39, 0.29) is 6.09 Å². The van der Waals surface area contributed by atoms with Crippen LogP contribution in [-0.2, 0) is 4.74 Å². The monoisotopic (exact) mass is 308 g/mol. The normalized spacial score (nSPS) is 24.9. The molecule has 124 valence electrons. The Morgan fingerprint density at radius 3 is 2.82 bits per heavy atom. The van der Waals surface area contributed by atoms with Crippen molar-refractivity contribution in [2.24, 2.45) is 10.9 Å². The Labute approximate surface area is 132 Å². The fraction of sp³-hybridized carbons (Fsp3) is 0.875. The lowest BCUT2D eigenvalue weighted by molar-refractivity contribution is 0.0137. The zero-order chi connectivity index (χ0) is 15.7. The smallest absolute Gasteiger partial charge is 0.410 e. The molecule has 0 radical (unpaired) electrons. The van der Waals surface area contributed by atoms with Gasteiger partial charge in [-0.3, -0.25) is 4.99 Å². The summed E-state index contributed by atoms with van der Waals surface area (Å²) >= 11 is 0. The van der Waals surface area contributed by atoms with E-state index in [9.17, 15) is 4.79 Å². The molecule has 0 bridgehead atoms. The third-order valence-corrected chi connectivity index (χ3v) is 4.39. The topological polar surface area (TPSA) is 57.2 Å². The largest absolute Gasteiger partial charge is 0.444 e. The van der Waals surface area contributed by atoms with Crippen LogP contribution in [0.3, 0.4) is 0 Å². The van der Waals surface area contributed by atoms with Gasteiger partial charge in [-0.15, -0.1) is 0 Å². The highest BCUT2D eigenvalue weighted by atomic mass is 16.6. The number of nitrogens with one attached hydrogen (secondary N) is 1. The van der Waals surface area contributed by atoms with Crippen LogP contribution < -0.4 is 5.32 Å². The first-order chi connectivity index (χ1) is 10.4. The lowest BCUT2D eigenvalue weighted by Crippen LogP contribution is -2.57. The van der Waals surface area contributed by atoms with Gasteiger partial charge in [0.25, 0.3) is 0 Å². The number of amides is 1. The second kappa shape index (κ2) is 5.97. The van der Waals surface area contributed by atoms with E-state index in [1.165, 1.54) is 19.3 Å². The van der Waals surface area contributed by atoms with Crippen molar-refractivity contribution in [1.29, 1.82) is 0 Å². The molecule has 3 aliphatic rings. The average molecular weight is 308 g/mol. The Morgan fingerprint density at radius 2 is 2.14 bits per heavy atom. The fourth-order valence-corrected chi connectivity index (χ4v) is 3.02. The molecule has 2 fully saturated rings. The Balaban J connectivity index is 1.46. The maximum atomic E-state index is 12.2. The summed E-state index contributed by atoms with van der Waals surface area (Å²) in [7, 11) is 0. The minimum atomic E-state index is -0.435. The number of nitrogens with zero attached hydrogens (tertiary/aromatic N) is 3. The SMILES string of the molecule is CC(C)(C)OC(=O)N1CCN2C(NCCC3CC3)=NCC2C1. The molecule has 0 aromatic rings. The van der Waals surface area contributed by atoms with Gasteiger partial charge in [0.2, 0.25) is 0 Å². The Morgan fingerprint density at radius 1 is 1.36 bits per heavy atom. The predicted molar refractivity (Wildman–Crippen MR) is 85.9 cm³/mol. The van der Waals surface area contributed by atoms with E-state index in [2.05, 4.69) is 15.2 Å². The fourth-order valence-electron chi connectivity index (χ4n) is 3.02. The van der Waals surface area contributed by atoms with E-state index in [1.807, 2.05) is 25.7 Å². The minimum Gasteiger partial charge on any atom is -0.444 e. The standard InChI is InChI=1S/C16H28N4O2/c1-16(2,3)22-15(21)19-8-9-20-13(11-19)10-18-14(20)17-7-6-12-4-5-12/h12-13H,4-11H2,1-3H3,(H,17,18). The number of hydrogen-bond acceptors (Lipinski definition) is 5. The van der Waals surface area contributed by atoms with Crippen LogP contribution in [0.4, 0.5) is 4.79 Å². The van der Waals surface area contributed by atoms with Gasteiger partial charge in [0.15, 0.2) is 5.96 Å². The number of guanidine groups is 1. The van der Waals surface area contributed by atoms with Crippen molar-refractivity contribution in [3.8, 4) is 0 Å². The molecule has 1 saturated carbocycles. The number of rotatable bonds is 3. The lowest BCUT2D eigenvalue weighted by Gasteiger charge is -2.39. The molecule has 1 N–H and O–H groups in total. The molecule has 1 atom stereocenters. The van der Waals surface area contributed by atoms with Gasteiger partial charge < -0.3 is 19.9 Å². The number of fused-ring (bicyclic) bond motifs is 1. The maximum Gasteiger partial charge on any atom is 0.410 e. The van der Waals surface area contributed by atoms with E-state index < -0.39 is 5.60 Å². The second-order valence-electron chi connectivity index (χ2n) is 7.60. The first-order valence-corrected chi connectivity index (χ1v) is 8.45. The summed E-state index contributed by atoms with van der Waals surface area (Å²) in [6.45, 7) is 9.73. The van der Waals surface area contributed by atoms with Crippen molar-refractivity contribution in [3.05, 3.63) is 0 Å². The highest BCUT2D eigenvalue weighted by Gasteiger charge is 2.36. The van der Waals surface area contributed by atoms with Gasteiger partial charge in [-0.25, -0.2) is 4.79 Å². The van der Waals surface area contributed by atoms with Gasteiger partial charge in [-0.1, -0.05) is 12.8 Å². The molecule has 0 aromatic heterocycles. The molecule has 0 aromatic carbocycles. The maximum absolute atomic E-state index is 12.2. The zero-order valence-corrected chi connectivity index (χ0v) is 14.0. The lowest BCUT2D eigenvalue weighted by atomic mass is 10.2. The highest BCUT2D eigenvalue weighted by molar-refractivity contribution is 5.82. The van der Waals surface area contributed by atoms with Crippen molar-refractivity contribution in [1.82, 2.24) is 15.1 Å². The summed E-state index contributed by atoms with van der Waals surface area (Å²) in [5, 5.41) is 3.48. The highest BCUT2D eigenvalue weighted by Crippen LogP contribution is 2.31. The van der Waals surface area contributed by atoms with E-state index in [1.54, 1.807) is 0 Å². The molecule has 1 saturated heterocycles. The second-order valence-corrected chi connectivity index (χ2v) is 7.60. The molecule has 1 unspecified atom stereocenters. The van der Waals surface area contributed by atoms with Gasteiger partial charge in [-0.05, 0) is 33.1 Å². The number of ether oxygens (including phenoxy) is 1. The number of aliphatic imine (C=N–C) groups is 1. The summed E-state index contributed by atoms with van der Waals surface area (Å²) in [6, 6.07) is 0.296. The Bertz CT molecular complexity index is 454. The van der Waals surface area contributed by atoms with Gasteiger partial charge in [0, 0.05) is 26.2 Å². The number of piperazine rings is 1. The third kappa shape index (κ3) is 3.84. The van der Waals surface area contributed by atoms with Gasteiger partial charge in [-0.2, -0.15) is 0 Å². The average Bonchev–Trinajstić information content (AvgIpc) is 3.17. The molecule has 1 amide bonds. The molecule has 6 heteroatoms. The summed E-state index contributed by atoms with van der Waals surface area (Å²) < 4.78 is 5.47. The number of carbonyl (C=O) groups excluding carboxylic acids is 1. The first-order valence-electron chi connectivity index (χ1n) is 8.45. The van der Waals surface area contributed by atoms with Crippen LogP contribution in [0.2, 0.25) is 0 Å². The quantitative estimate of drug-likeness (QED) is 0.861. The van der Waals surface area contributed by atoms with Crippen LogP contribution in [0.1, 0.15) is 40.0 Å². The van der Waals surface area contributed by atoms with Gasteiger partial charge >= 0.3 is 6.09 Å². The summed E-state index contributed by atoms with van der Waals surface area (Å²) in [4.78, 5) is 20.9. The van der Waals surface area contributed by atoms with Crippen molar-refractivity contribution < 1.29 is 9.53 Å². The summed E-state index contributed by atoms with van der Waals surface area (Å²) in [5.41, 5.74) is -0.435. The van der Waals surface area contributed by atoms with Crippen molar-refractivity contribution >= 4 is 12.1 Å². The molecular formula is C16H28N4O2. The number of hydrogen-bond donors (Lipinski definition) is 1. The molecular weight excluding hydrogens is 280 g/mol. The number of carbonyl (C=O) groups is 1. The van der Waals surface area contributed by atoms with Crippen LogP contribution in [0.5, 0.6) is 0 Å². The van der Waals surface area contributed by atoms with Crippen LogP contribution >= 0.6 is 0 Å². The minimum absolute atomic E-state index is 0.206. The molecule has 0 spiro atoms. The van der Waals surface area contributed by atoms with Crippen molar-refractivity contribution in [2.75, 3.05) is 32.7 Å². The first kappa shape index (κ1) is 15.4. The molecule has 22 heavy (non-hydrogen) atoms. The van der Waals surface area contributed by atoms with Crippen molar-refractivity contribution in [2.45, 2.75) is 51.7 Å². The van der Waals surface area contributed by atoms with E-state index >= 15 is 0 Å². The summed E-state index contributed by atoms with van der Waals surface area (Å²) in [5.74, 6) is 1.96. The van der Waals surface area contributed by atoms with E-state index in [4.69, 9.17) is 4.74 Å². The summed E-state index contributed by atoms with van der Waals surface area (Å²) in [6.07, 6.45) is 3.83. The molecule has 2 aliphatic heterocycles. The van der Waals surface area contributed by atoms with Gasteiger partial charge in [0.1, 0.15) is 5.60 Å². The molecule has 2 heterocycles. The van der Waals surface area contributed by atoms with E-state index in [0.717, 1.165) is 31.5 Å². The Kier molecular flexibility index (Phi) is 4.19. The zero-order valence-electron chi connectivity index (χ0n) is 14.0. The Hall–Kier alpha value is -1.46. The van der Waals surface area contributed by atoms with Gasteiger partial charge in [0.05, 0.1) is 12.6 Å². The molecule has 6 nitrogen and oxygen atoms in total. The van der Waals surface area contributed by atoms with Crippen LogP contribution in [-0.4, -0.2) is 66.2 Å². The third-order valence-electron chi connectivity index (χ3n) is 4.39. The van der Waals surface area contributed by atoms with E-state index in [0.29, 0.717) is 19.1 Å². The van der Waals surface area contributed by atoms with Crippen LogP contribution in [0, 0.1) is 5.92 Å². The predicted octanol–water partition coefficient (Wildman–Crippen LogP) is 1.67. The van der Waals surface area contributed by atoms with Crippen molar-refractivity contribution in [3.63, 3.8) is 0 Å². The van der Waals surface area contributed by atoms with Crippen LogP contribution in [0.15, 0.2) is 4.99 Å². The molecule has 1 aliphatic carbocycles. The molecule has 3 rings (SSSR count).